The van der Waals surface area contributed by atoms with E-state index in [-0.39, 0.29) is 5.56 Å². The van der Waals surface area contributed by atoms with Gasteiger partial charge in [-0.05, 0) is 36.4 Å². The molecule has 0 spiro atoms. The van der Waals surface area contributed by atoms with E-state index in [0.717, 1.165) is 12.1 Å². The number of carboxylic acid groups (broad SMARTS) is 1. The summed E-state index contributed by atoms with van der Waals surface area (Å²) in [6, 6.07) is 10.8. The molecular weight excluding hydrogens is 316 g/mol. The molecule has 5 nitrogen and oxygen atoms in total. The zero-order valence-electron chi connectivity index (χ0n) is 11.0. The SMILES string of the molecule is O=C(O)c1ccccc1Nc1ccc(S(=O)(=O)C(F)F)cc1. The average molecular weight is 327 g/mol. The highest BCUT2D eigenvalue weighted by atomic mass is 32.2. The summed E-state index contributed by atoms with van der Waals surface area (Å²) >= 11 is 0. The molecule has 0 unspecified atom stereocenters. The number of carboxylic acids is 1. The largest absolute Gasteiger partial charge is 0.478 e. The maximum Gasteiger partial charge on any atom is 0.341 e. The van der Waals surface area contributed by atoms with Crippen molar-refractivity contribution in [3.63, 3.8) is 0 Å². The third kappa shape index (κ3) is 3.22. The maximum atomic E-state index is 12.4. The molecule has 8 heteroatoms. The predicted molar refractivity (Wildman–Crippen MR) is 76.3 cm³/mol. The number of rotatable bonds is 5. The summed E-state index contributed by atoms with van der Waals surface area (Å²) in [6.07, 6.45) is 0. The second kappa shape index (κ2) is 6.10. The summed E-state index contributed by atoms with van der Waals surface area (Å²) in [7, 11) is -4.64. The Hall–Kier alpha value is -2.48. The van der Waals surface area contributed by atoms with Crippen molar-refractivity contribution in [2.75, 3.05) is 5.32 Å². The molecule has 0 saturated carbocycles. The fourth-order valence-corrected chi connectivity index (χ4v) is 2.49. The lowest BCUT2D eigenvalue weighted by Crippen LogP contribution is -2.11. The van der Waals surface area contributed by atoms with Gasteiger partial charge in [-0.25, -0.2) is 13.2 Å². The van der Waals surface area contributed by atoms with Crippen molar-refractivity contribution < 1.29 is 27.1 Å². The van der Waals surface area contributed by atoms with Crippen molar-refractivity contribution in [2.24, 2.45) is 0 Å². The smallest absolute Gasteiger partial charge is 0.341 e. The first-order valence-corrected chi connectivity index (χ1v) is 7.58. The van der Waals surface area contributed by atoms with Crippen molar-refractivity contribution in [1.29, 1.82) is 0 Å². The van der Waals surface area contributed by atoms with E-state index in [2.05, 4.69) is 5.32 Å². The van der Waals surface area contributed by atoms with Crippen LogP contribution in [0, 0.1) is 0 Å². The van der Waals surface area contributed by atoms with Gasteiger partial charge in [0.2, 0.25) is 9.84 Å². The summed E-state index contributed by atoms with van der Waals surface area (Å²) in [5.41, 5.74) is 0.716. The second-order valence-electron chi connectivity index (χ2n) is 4.31. The van der Waals surface area contributed by atoms with E-state index in [1.165, 1.54) is 24.3 Å². The number of benzene rings is 2. The van der Waals surface area contributed by atoms with Crippen LogP contribution in [0.2, 0.25) is 0 Å². The van der Waals surface area contributed by atoms with Gasteiger partial charge >= 0.3 is 11.7 Å². The molecule has 0 radical (unpaired) electrons. The second-order valence-corrected chi connectivity index (χ2v) is 6.22. The first-order valence-electron chi connectivity index (χ1n) is 6.04. The highest BCUT2D eigenvalue weighted by Gasteiger charge is 2.26. The van der Waals surface area contributed by atoms with Crippen LogP contribution in [-0.2, 0) is 9.84 Å². The van der Waals surface area contributed by atoms with E-state index in [4.69, 9.17) is 5.11 Å². The summed E-state index contributed by atoms with van der Waals surface area (Å²) in [4.78, 5) is 10.6. The standard InChI is InChI=1S/C14H11F2NO4S/c15-14(16)22(20,21)10-7-5-9(6-8-10)17-12-4-2-1-3-11(12)13(18)19/h1-8,14,17H,(H,18,19). The number of halogens is 2. The van der Waals surface area contributed by atoms with Crippen LogP contribution < -0.4 is 5.32 Å². The van der Waals surface area contributed by atoms with Gasteiger partial charge in [-0.3, -0.25) is 0 Å². The van der Waals surface area contributed by atoms with Crippen LogP contribution in [-0.4, -0.2) is 25.3 Å². The first-order chi connectivity index (χ1) is 10.3. The molecule has 116 valence electrons. The number of para-hydroxylation sites is 1. The van der Waals surface area contributed by atoms with Gasteiger partial charge in [0.05, 0.1) is 16.1 Å². The molecule has 0 aliphatic rings. The Bertz CT molecular complexity index is 789. The normalized spacial score (nSPS) is 11.4. The monoisotopic (exact) mass is 327 g/mol. The molecular formula is C14H11F2NO4S. The van der Waals surface area contributed by atoms with Crippen LogP contribution >= 0.6 is 0 Å². The number of nitrogens with one attached hydrogen (secondary N) is 1. The molecule has 0 aromatic heterocycles. The molecule has 2 aromatic carbocycles. The Labute approximate surface area is 125 Å². The zero-order valence-corrected chi connectivity index (χ0v) is 11.8. The van der Waals surface area contributed by atoms with E-state index in [1.54, 1.807) is 12.1 Å². The number of hydrogen-bond donors (Lipinski definition) is 2. The van der Waals surface area contributed by atoms with Gasteiger partial charge in [-0.1, -0.05) is 12.1 Å². The molecule has 0 heterocycles. The molecule has 2 rings (SSSR count). The Kier molecular flexibility index (Phi) is 4.41. The number of sulfone groups is 1. The lowest BCUT2D eigenvalue weighted by atomic mass is 10.1. The minimum absolute atomic E-state index is 0.0341. The van der Waals surface area contributed by atoms with Crippen molar-refractivity contribution >= 4 is 27.2 Å². The van der Waals surface area contributed by atoms with Gasteiger partial charge in [-0.2, -0.15) is 8.78 Å². The van der Waals surface area contributed by atoms with E-state index in [0.29, 0.717) is 11.4 Å². The van der Waals surface area contributed by atoms with Crippen LogP contribution in [0.25, 0.3) is 0 Å². The maximum absolute atomic E-state index is 12.4. The number of alkyl halides is 2. The summed E-state index contributed by atoms with van der Waals surface area (Å²) in [6.45, 7) is 0. The zero-order chi connectivity index (χ0) is 16.3. The van der Waals surface area contributed by atoms with Crippen molar-refractivity contribution in [3.05, 3.63) is 54.1 Å². The fraction of sp³-hybridized carbons (Fsp3) is 0.0714. The van der Waals surface area contributed by atoms with Crippen LogP contribution in [0.3, 0.4) is 0 Å². The predicted octanol–water partition coefficient (Wildman–Crippen LogP) is 3.12. The van der Waals surface area contributed by atoms with Gasteiger partial charge in [0, 0.05) is 5.69 Å². The Balaban J connectivity index is 2.28. The highest BCUT2D eigenvalue weighted by Crippen LogP contribution is 2.24. The van der Waals surface area contributed by atoms with Crippen LogP contribution in [0.1, 0.15) is 10.4 Å². The molecule has 0 fully saturated rings. The number of hydrogen-bond acceptors (Lipinski definition) is 4. The van der Waals surface area contributed by atoms with E-state index >= 15 is 0 Å². The number of carbonyl (C=O) groups is 1. The molecule has 2 aromatic rings. The quantitative estimate of drug-likeness (QED) is 0.881. The van der Waals surface area contributed by atoms with Gasteiger partial charge < -0.3 is 10.4 Å². The molecule has 0 saturated heterocycles. The van der Waals surface area contributed by atoms with Gasteiger partial charge in [-0.15, -0.1) is 0 Å². The fourth-order valence-electron chi connectivity index (χ4n) is 1.76. The van der Waals surface area contributed by atoms with Crippen LogP contribution in [0.5, 0.6) is 0 Å². The molecule has 22 heavy (non-hydrogen) atoms. The highest BCUT2D eigenvalue weighted by molar-refractivity contribution is 7.91. The van der Waals surface area contributed by atoms with E-state index in [9.17, 15) is 22.0 Å². The topological polar surface area (TPSA) is 83.5 Å². The van der Waals surface area contributed by atoms with Crippen molar-refractivity contribution in [1.82, 2.24) is 0 Å². The van der Waals surface area contributed by atoms with Crippen molar-refractivity contribution in [2.45, 2.75) is 10.7 Å². The van der Waals surface area contributed by atoms with Gasteiger partial charge in [0.25, 0.3) is 0 Å². The third-order valence-corrected chi connectivity index (χ3v) is 4.25. The average Bonchev–Trinajstić information content (AvgIpc) is 2.48. The number of anilines is 2. The Morgan fingerprint density at radius 3 is 2.18 bits per heavy atom. The van der Waals surface area contributed by atoms with E-state index < -0.39 is 26.5 Å². The third-order valence-electron chi connectivity index (χ3n) is 2.85. The molecule has 0 aliphatic heterocycles. The lowest BCUT2D eigenvalue weighted by molar-refractivity contribution is 0.0698. The first kappa shape index (κ1) is 15.9. The molecule has 0 aliphatic carbocycles. The number of aromatic carboxylic acids is 1. The molecule has 0 bridgehead atoms. The molecule has 0 atom stereocenters. The van der Waals surface area contributed by atoms with E-state index in [1.807, 2.05) is 0 Å². The summed E-state index contributed by atoms with van der Waals surface area (Å²) < 4.78 is 47.4. The van der Waals surface area contributed by atoms with Gasteiger partial charge in [0.15, 0.2) is 0 Å². The molecule has 0 amide bonds. The summed E-state index contributed by atoms with van der Waals surface area (Å²) in [5, 5.41) is 11.9. The minimum atomic E-state index is -4.64. The minimum Gasteiger partial charge on any atom is -0.478 e. The Morgan fingerprint density at radius 2 is 1.64 bits per heavy atom. The van der Waals surface area contributed by atoms with Gasteiger partial charge in [0.1, 0.15) is 0 Å². The molecule has 2 N–H and O–H groups in total. The van der Waals surface area contributed by atoms with Crippen LogP contribution in [0.4, 0.5) is 20.2 Å². The lowest BCUT2D eigenvalue weighted by Gasteiger charge is -2.10. The Morgan fingerprint density at radius 1 is 1.05 bits per heavy atom. The van der Waals surface area contributed by atoms with Crippen LogP contribution in [0.15, 0.2) is 53.4 Å². The van der Waals surface area contributed by atoms with Crippen molar-refractivity contribution in [3.8, 4) is 0 Å². The summed E-state index contributed by atoms with van der Waals surface area (Å²) in [5.74, 6) is -4.61.